The first-order chi connectivity index (χ1) is 13.6. The largest absolute Gasteiger partial charge is 0.458 e. The van der Waals surface area contributed by atoms with E-state index in [4.69, 9.17) is 5.53 Å². The van der Waals surface area contributed by atoms with Crippen molar-refractivity contribution in [2.75, 3.05) is 5.75 Å². The van der Waals surface area contributed by atoms with E-state index in [1.807, 2.05) is 6.92 Å². The Morgan fingerprint density at radius 3 is 2.52 bits per heavy atom. The van der Waals surface area contributed by atoms with Crippen LogP contribution in [0.1, 0.15) is 12.5 Å². The van der Waals surface area contributed by atoms with Crippen molar-refractivity contribution in [2.45, 2.75) is 23.9 Å². The second kappa shape index (κ2) is 7.48. The molecule has 7 nitrogen and oxygen atoms in total. The van der Waals surface area contributed by atoms with Crippen LogP contribution in [0.4, 0.5) is 27.6 Å². The number of pyridine rings is 2. The third kappa shape index (κ3) is 3.70. The molecule has 0 saturated carbocycles. The van der Waals surface area contributed by atoms with E-state index in [0.29, 0.717) is 28.6 Å². The number of aromatic nitrogens is 4. The fourth-order valence-electron chi connectivity index (χ4n) is 2.60. The van der Waals surface area contributed by atoms with E-state index in [2.05, 4.69) is 25.0 Å². The van der Waals surface area contributed by atoms with Gasteiger partial charge in [0, 0.05) is 29.2 Å². The summed E-state index contributed by atoms with van der Waals surface area (Å²) in [4.78, 5) is 15.5. The Morgan fingerprint density at radius 2 is 1.90 bits per heavy atom. The quantitative estimate of drug-likeness (QED) is 0.170. The first-order valence-corrected chi connectivity index (χ1v) is 9.04. The normalized spacial score (nSPS) is 12.2. The molecule has 0 aliphatic heterocycles. The highest BCUT2D eigenvalue weighted by Gasteiger charge is 2.59. The van der Waals surface area contributed by atoms with E-state index in [-0.39, 0.29) is 22.7 Å². The minimum Gasteiger partial charge on any atom is -0.310 e. The molecule has 0 unspecified atom stereocenters. The molecule has 3 heterocycles. The second-order valence-electron chi connectivity index (χ2n) is 5.80. The molecular formula is C16H12F5N7S. The van der Waals surface area contributed by atoms with Crippen molar-refractivity contribution in [3.63, 3.8) is 0 Å². The Morgan fingerprint density at radius 1 is 1.17 bits per heavy atom. The molecule has 13 heteroatoms. The van der Waals surface area contributed by atoms with Crippen LogP contribution >= 0.6 is 11.8 Å². The molecule has 0 aliphatic rings. The highest BCUT2D eigenvalue weighted by atomic mass is 32.2. The van der Waals surface area contributed by atoms with Gasteiger partial charge >= 0.3 is 12.1 Å². The average molecular weight is 429 g/mol. The molecule has 0 saturated heterocycles. The van der Waals surface area contributed by atoms with Crippen LogP contribution in [-0.2, 0) is 13.0 Å². The maximum absolute atomic E-state index is 13.6. The third-order valence-corrected chi connectivity index (χ3v) is 4.85. The Kier molecular flexibility index (Phi) is 5.37. The first kappa shape index (κ1) is 20.8. The lowest BCUT2D eigenvalue weighted by Crippen LogP contribution is -2.33. The third-order valence-electron chi connectivity index (χ3n) is 3.94. The molecule has 0 spiro atoms. The lowest BCUT2D eigenvalue weighted by Gasteiger charge is -2.19. The molecule has 3 rings (SSSR count). The van der Waals surface area contributed by atoms with Crippen LogP contribution in [-0.4, -0.2) is 31.4 Å². The van der Waals surface area contributed by atoms with Crippen molar-refractivity contribution in [1.82, 2.24) is 19.5 Å². The van der Waals surface area contributed by atoms with Gasteiger partial charge in [0.1, 0.15) is 11.2 Å². The number of thioether (sulfide) groups is 1. The van der Waals surface area contributed by atoms with Crippen molar-refractivity contribution >= 4 is 28.6 Å². The van der Waals surface area contributed by atoms with Crippen molar-refractivity contribution < 1.29 is 22.0 Å². The van der Waals surface area contributed by atoms with Gasteiger partial charge < -0.3 is 4.57 Å². The first-order valence-electron chi connectivity index (χ1n) is 8.06. The number of aryl methyl sites for hydroxylation is 1. The van der Waals surface area contributed by atoms with Crippen LogP contribution in [0.5, 0.6) is 0 Å². The van der Waals surface area contributed by atoms with Crippen molar-refractivity contribution in [3.8, 4) is 11.5 Å². The van der Waals surface area contributed by atoms with E-state index >= 15 is 0 Å². The van der Waals surface area contributed by atoms with Crippen LogP contribution in [0.15, 0.2) is 34.5 Å². The van der Waals surface area contributed by atoms with Gasteiger partial charge in [-0.25, -0.2) is 9.97 Å². The zero-order valence-electron chi connectivity index (χ0n) is 14.9. The molecule has 29 heavy (non-hydrogen) atoms. The summed E-state index contributed by atoms with van der Waals surface area (Å²) in [5.74, 6) is -4.17. The van der Waals surface area contributed by atoms with Gasteiger partial charge in [-0.1, -0.05) is 12.0 Å². The second-order valence-corrected chi connectivity index (χ2v) is 7.10. The molecule has 0 N–H and O–H groups in total. The summed E-state index contributed by atoms with van der Waals surface area (Å²) in [5.41, 5.74) is 7.91. The summed E-state index contributed by atoms with van der Waals surface area (Å²) >= 11 is 1.38. The predicted molar refractivity (Wildman–Crippen MR) is 96.9 cm³/mol. The molecule has 3 aromatic rings. The molecule has 0 aliphatic carbocycles. The summed E-state index contributed by atoms with van der Waals surface area (Å²) < 4.78 is 66.7. The molecule has 0 bridgehead atoms. The van der Waals surface area contributed by atoms with E-state index in [0.717, 1.165) is 0 Å². The van der Waals surface area contributed by atoms with Gasteiger partial charge in [-0.15, -0.1) is 11.8 Å². The van der Waals surface area contributed by atoms with Crippen LogP contribution in [0.25, 0.3) is 33.1 Å². The Hall–Kier alpha value is -2.92. The van der Waals surface area contributed by atoms with Gasteiger partial charge in [-0.2, -0.15) is 22.0 Å². The molecule has 0 amide bonds. The highest BCUT2D eigenvalue weighted by Crippen LogP contribution is 2.44. The van der Waals surface area contributed by atoms with Gasteiger partial charge in [0.15, 0.2) is 11.5 Å². The van der Waals surface area contributed by atoms with E-state index < -0.39 is 17.7 Å². The van der Waals surface area contributed by atoms with Crippen LogP contribution in [0.2, 0.25) is 0 Å². The number of imidazole rings is 1. The summed E-state index contributed by atoms with van der Waals surface area (Å²) in [6.45, 7) is 1.89. The van der Waals surface area contributed by atoms with Crippen molar-refractivity contribution in [3.05, 3.63) is 40.5 Å². The minimum atomic E-state index is -5.75. The number of fused-ring (bicyclic) bond motifs is 1. The Labute approximate surface area is 164 Å². The summed E-state index contributed by atoms with van der Waals surface area (Å²) in [7, 11) is 1.54. The van der Waals surface area contributed by atoms with Gasteiger partial charge in [0.25, 0.3) is 0 Å². The number of hydrogen-bond acceptors (Lipinski definition) is 5. The van der Waals surface area contributed by atoms with Crippen molar-refractivity contribution in [2.24, 2.45) is 12.2 Å². The maximum atomic E-state index is 13.6. The molecule has 3 aromatic heterocycles. The molecule has 152 valence electrons. The number of rotatable bonds is 5. The summed E-state index contributed by atoms with van der Waals surface area (Å²) in [6.07, 6.45) is -3.95. The molecule has 0 radical (unpaired) electrons. The van der Waals surface area contributed by atoms with Crippen LogP contribution < -0.4 is 0 Å². The average Bonchev–Trinajstić information content (AvgIpc) is 2.98. The van der Waals surface area contributed by atoms with E-state index in [9.17, 15) is 22.0 Å². The highest BCUT2D eigenvalue weighted by molar-refractivity contribution is 7.99. The summed E-state index contributed by atoms with van der Waals surface area (Å²) in [5, 5.41) is 3.49. The molecule has 0 atom stereocenters. The fraction of sp³-hybridized carbons (Fsp3) is 0.312. The fourth-order valence-corrected chi connectivity index (χ4v) is 3.39. The number of azide groups is 1. The number of halogens is 5. The smallest absolute Gasteiger partial charge is 0.310 e. The lowest BCUT2D eigenvalue weighted by atomic mass is 10.1. The van der Waals surface area contributed by atoms with Crippen molar-refractivity contribution in [1.29, 1.82) is 0 Å². The monoisotopic (exact) mass is 429 g/mol. The Bertz CT molecular complexity index is 1120. The van der Waals surface area contributed by atoms with Gasteiger partial charge in [0.05, 0.1) is 11.3 Å². The molecule has 0 fully saturated rings. The zero-order valence-corrected chi connectivity index (χ0v) is 15.8. The summed E-state index contributed by atoms with van der Waals surface area (Å²) in [6, 6.07) is 2.26. The molecule has 0 aromatic carbocycles. The minimum absolute atomic E-state index is 0.120. The lowest BCUT2D eigenvalue weighted by molar-refractivity contribution is -0.289. The van der Waals surface area contributed by atoms with Crippen LogP contribution in [0.3, 0.4) is 0 Å². The standard InChI is InChI=1S/C16H12F5N7S/c1-3-29-11-5-9(26-27-22)7-23-12(11)14-25-10-4-8(6-24-13(10)28(14)2)15(17,18)16(19,20)21/h4-7H,3H2,1-2H3. The van der Waals surface area contributed by atoms with Gasteiger partial charge in [-0.05, 0) is 23.4 Å². The Balaban J connectivity index is 2.17. The van der Waals surface area contributed by atoms with Crippen LogP contribution in [0, 0.1) is 0 Å². The van der Waals surface area contributed by atoms with Gasteiger partial charge in [-0.3, -0.25) is 4.98 Å². The van der Waals surface area contributed by atoms with E-state index in [1.165, 1.54) is 22.5 Å². The van der Waals surface area contributed by atoms with Gasteiger partial charge in [0.2, 0.25) is 0 Å². The SMILES string of the molecule is CCSc1cc(N=[N+]=[N-])cnc1-c1nc2cc(C(F)(F)C(F)(F)F)cnc2n1C. The number of nitrogens with zero attached hydrogens (tertiary/aromatic N) is 7. The van der Waals surface area contributed by atoms with E-state index in [1.54, 1.807) is 13.1 Å². The molecular weight excluding hydrogens is 417 g/mol. The zero-order chi connectivity index (χ0) is 21.4. The number of hydrogen-bond donors (Lipinski definition) is 0. The maximum Gasteiger partial charge on any atom is 0.458 e. The predicted octanol–water partition coefficient (Wildman–Crippen LogP) is 5.74. The topological polar surface area (TPSA) is 92.4 Å². The number of alkyl halides is 5.